The van der Waals surface area contributed by atoms with E-state index in [1.807, 2.05) is 0 Å². The maximum absolute atomic E-state index is 13.6. The summed E-state index contributed by atoms with van der Waals surface area (Å²) in [6.45, 7) is 0. The predicted molar refractivity (Wildman–Crippen MR) is 126 cm³/mol. The van der Waals surface area contributed by atoms with Gasteiger partial charge in [-0.05, 0) is 49.2 Å². The number of allylic oxidation sites excluding steroid dienone is 1. The molecule has 6 nitrogen and oxygen atoms in total. The Kier molecular flexibility index (Phi) is 4.86. The van der Waals surface area contributed by atoms with Gasteiger partial charge >= 0.3 is 0 Å². The molecule has 0 radical (unpaired) electrons. The number of benzene rings is 2. The third-order valence-electron chi connectivity index (χ3n) is 6.09. The standard InChI is InChI=1S/C23H15BrCl2N4O2/c24-11-4-5-17-15(6-11)23(22(32)29-17)16(10-27)21(28)30(14-8-12(25)7-13(26)9-14)18-2-1-3-19(31)20(18)23/h4-9H,1-3,28H2,(H,29,32). The zero-order chi connectivity index (χ0) is 22.8. The number of carbonyl (C=O) groups excluding carboxylic acids is 2. The first-order valence-electron chi connectivity index (χ1n) is 9.84. The van der Waals surface area contributed by atoms with Crippen LogP contribution in [-0.4, -0.2) is 11.7 Å². The summed E-state index contributed by atoms with van der Waals surface area (Å²) in [6, 6.07) is 12.4. The second kappa shape index (κ2) is 7.38. The summed E-state index contributed by atoms with van der Waals surface area (Å²) in [5, 5.41) is 13.9. The van der Waals surface area contributed by atoms with Crippen LogP contribution in [0.2, 0.25) is 10.0 Å². The lowest BCUT2D eigenvalue weighted by Crippen LogP contribution is -2.50. The Balaban J connectivity index is 1.90. The molecule has 0 aromatic heterocycles. The fraction of sp³-hybridized carbons (Fsp3) is 0.174. The zero-order valence-electron chi connectivity index (χ0n) is 16.5. The number of nitrogens with two attached hydrogens (primary N) is 1. The van der Waals surface area contributed by atoms with Gasteiger partial charge in [0, 0.05) is 43.5 Å². The number of nitrogens with zero attached hydrogens (tertiary/aromatic N) is 2. The molecule has 2 heterocycles. The van der Waals surface area contributed by atoms with Gasteiger partial charge in [0.1, 0.15) is 17.3 Å². The number of anilines is 2. The molecule has 32 heavy (non-hydrogen) atoms. The SMILES string of the molecule is N#CC1=C(N)N(c2cc(Cl)cc(Cl)c2)C2=C(C(=O)CCC2)C12C(=O)Nc1ccc(Br)cc12. The van der Waals surface area contributed by atoms with Crippen molar-refractivity contribution in [1.29, 1.82) is 5.26 Å². The van der Waals surface area contributed by atoms with Crippen molar-refractivity contribution in [3.05, 3.63) is 79.1 Å². The monoisotopic (exact) mass is 528 g/mol. The molecule has 0 saturated heterocycles. The maximum Gasteiger partial charge on any atom is 0.245 e. The van der Waals surface area contributed by atoms with Crippen LogP contribution in [0, 0.1) is 11.3 Å². The number of ketones is 1. The van der Waals surface area contributed by atoms with Gasteiger partial charge in [-0.15, -0.1) is 0 Å². The van der Waals surface area contributed by atoms with E-state index in [1.165, 1.54) is 0 Å². The van der Waals surface area contributed by atoms with Crippen molar-refractivity contribution < 1.29 is 9.59 Å². The van der Waals surface area contributed by atoms with Crippen LogP contribution in [0.1, 0.15) is 24.8 Å². The smallest absolute Gasteiger partial charge is 0.245 e. The minimum Gasteiger partial charge on any atom is -0.384 e. The van der Waals surface area contributed by atoms with Crippen LogP contribution in [0.25, 0.3) is 0 Å². The van der Waals surface area contributed by atoms with Gasteiger partial charge in [-0.2, -0.15) is 5.26 Å². The van der Waals surface area contributed by atoms with Crippen molar-refractivity contribution in [2.24, 2.45) is 5.73 Å². The number of halogens is 3. The van der Waals surface area contributed by atoms with Gasteiger partial charge in [0.05, 0.1) is 11.3 Å². The molecule has 9 heteroatoms. The zero-order valence-corrected chi connectivity index (χ0v) is 19.6. The van der Waals surface area contributed by atoms with Crippen LogP contribution in [0.15, 0.2) is 63.5 Å². The van der Waals surface area contributed by atoms with E-state index < -0.39 is 11.3 Å². The number of nitriles is 1. The van der Waals surface area contributed by atoms with Gasteiger partial charge in [-0.1, -0.05) is 39.1 Å². The molecule has 0 saturated carbocycles. The molecule has 1 unspecified atom stereocenters. The van der Waals surface area contributed by atoms with Crippen molar-refractivity contribution in [1.82, 2.24) is 0 Å². The minimum absolute atomic E-state index is 0.00283. The van der Waals surface area contributed by atoms with Crippen molar-refractivity contribution in [3.63, 3.8) is 0 Å². The van der Waals surface area contributed by atoms with Gasteiger partial charge in [0.2, 0.25) is 5.91 Å². The second-order valence-electron chi connectivity index (χ2n) is 7.83. The van der Waals surface area contributed by atoms with E-state index in [0.29, 0.717) is 45.5 Å². The van der Waals surface area contributed by atoms with E-state index >= 15 is 0 Å². The third kappa shape index (κ3) is 2.77. The van der Waals surface area contributed by atoms with Crippen LogP contribution in [-0.2, 0) is 15.0 Å². The summed E-state index contributed by atoms with van der Waals surface area (Å²) in [6.07, 6.45) is 1.38. The second-order valence-corrected chi connectivity index (χ2v) is 9.62. The van der Waals surface area contributed by atoms with Crippen molar-refractivity contribution in [2.45, 2.75) is 24.7 Å². The molecular formula is C23H15BrCl2N4O2. The van der Waals surface area contributed by atoms with Gasteiger partial charge in [0.15, 0.2) is 5.78 Å². The Bertz CT molecular complexity index is 1320. The van der Waals surface area contributed by atoms with Gasteiger partial charge in [0.25, 0.3) is 0 Å². The highest BCUT2D eigenvalue weighted by molar-refractivity contribution is 9.10. The van der Waals surface area contributed by atoms with E-state index in [2.05, 4.69) is 27.3 Å². The van der Waals surface area contributed by atoms with E-state index in [4.69, 9.17) is 28.9 Å². The molecule has 3 N–H and O–H groups in total. The number of carbonyl (C=O) groups is 2. The highest BCUT2D eigenvalue weighted by atomic mass is 79.9. The topological polar surface area (TPSA) is 99.2 Å². The Morgan fingerprint density at radius 1 is 1.12 bits per heavy atom. The molecule has 0 fully saturated rings. The molecule has 160 valence electrons. The summed E-state index contributed by atoms with van der Waals surface area (Å²) in [7, 11) is 0. The highest BCUT2D eigenvalue weighted by Gasteiger charge is 2.60. The number of hydrogen-bond donors (Lipinski definition) is 2. The first kappa shape index (κ1) is 21.1. The Morgan fingerprint density at radius 3 is 2.53 bits per heavy atom. The first-order valence-corrected chi connectivity index (χ1v) is 11.4. The average Bonchev–Trinajstić information content (AvgIpc) is 3.00. The number of hydrogen-bond acceptors (Lipinski definition) is 5. The van der Waals surface area contributed by atoms with Crippen molar-refractivity contribution >= 4 is 62.2 Å². The van der Waals surface area contributed by atoms with Gasteiger partial charge in [-0.25, -0.2) is 0 Å². The fourth-order valence-electron chi connectivity index (χ4n) is 4.93. The number of nitrogens with one attached hydrogen (secondary N) is 1. The summed E-state index contributed by atoms with van der Waals surface area (Å²) in [5.74, 6) is -0.577. The quantitative estimate of drug-likeness (QED) is 0.531. The normalized spacial score (nSPS) is 22.1. The number of amides is 1. The lowest BCUT2D eigenvalue weighted by Gasteiger charge is -2.43. The summed E-state index contributed by atoms with van der Waals surface area (Å²) >= 11 is 15.9. The summed E-state index contributed by atoms with van der Waals surface area (Å²) in [5.41, 5.74) is 7.44. The molecule has 5 rings (SSSR count). The summed E-state index contributed by atoms with van der Waals surface area (Å²) in [4.78, 5) is 28.6. The van der Waals surface area contributed by atoms with Crippen LogP contribution in [0.3, 0.4) is 0 Å². The molecule has 1 amide bonds. The van der Waals surface area contributed by atoms with E-state index in [0.717, 1.165) is 4.47 Å². The third-order valence-corrected chi connectivity index (χ3v) is 7.02. The van der Waals surface area contributed by atoms with Crippen LogP contribution >= 0.6 is 39.1 Å². The van der Waals surface area contributed by atoms with Crippen molar-refractivity contribution in [3.8, 4) is 6.07 Å². The summed E-state index contributed by atoms with van der Waals surface area (Å²) < 4.78 is 0.720. The Labute approximate surface area is 202 Å². The van der Waals surface area contributed by atoms with E-state index in [9.17, 15) is 14.9 Å². The number of rotatable bonds is 1. The van der Waals surface area contributed by atoms with E-state index in [1.54, 1.807) is 41.3 Å². The molecule has 1 aliphatic carbocycles. The molecule has 2 aromatic carbocycles. The number of Topliss-reactive ketones (excluding diaryl/α,β-unsaturated/α-hetero) is 1. The molecular weight excluding hydrogens is 515 g/mol. The van der Waals surface area contributed by atoms with Gasteiger partial charge < -0.3 is 11.1 Å². The van der Waals surface area contributed by atoms with Crippen LogP contribution < -0.4 is 16.0 Å². The van der Waals surface area contributed by atoms with Crippen molar-refractivity contribution in [2.75, 3.05) is 10.2 Å². The average molecular weight is 530 g/mol. The molecule has 2 aliphatic heterocycles. The molecule has 1 spiro atoms. The minimum atomic E-state index is -1.61. The lowest BCUT2D eigenvalue weighted by atomic mass is 9.64. The lowest BCUT2D eigenvalue weighted by molar-refractivity contribution is -0.122. The highest BCUT2D eigenvalue weighted by Crippen LogP contribution is 2.55. The Morgan fingerprint density at radius 2 is 1.84 bits per heavy atom. The van der Waals surface area contributed by atoms with E-state index in [-0.39, 0.29) is 29.2 Å². The predicted octanol–water partition coefficient (Wildman–Crippen LogP) is 5.17. The first-order chi connectivity index (χ1) is 15.3. The number of fused-ring (bicyclic) bond motifs is 3. The molecule has 1 atom stereocenters. The largest absolute Gasteiger partial charge is 0.384 e. The molecule has 3 aliphatic rings. The Hall–Kier alpha value is -2.79. The van der Waals surface area contributed by atoms with Crippen LogP contribution in [0.4, 0.5) is 11.4 Å². The molecule has 0 bridgehead atoms. The van der Waals surface area contributed by atoms with Gasteiger partial charge in [-0.3, -0.25) is 14.5 Å². The maximum atomic E-state index is 13.6. The van der Waals surface area contributed by atoms with Crippen LogP contribution in [0.5, 0.6) is 0 Å². The molecule has 2 aromatic rings. The fourth-order valence-corrected chi connectivity index (χ4v) is 5.80.